The Kier molecular flexibility index (Phi) is 2.13. The summed E-state index contributed by atoms with van der Waals surface area (Å²) in [5, 5.41) is 0. The van der Waals surface area contributed by atoms with Gasteiger partial charge in [-0.25, -0.2) is 4.98 Å². The Morgan fingerprint density at radius 3 is 3.00 bits per heavy atom. The normalized spacial score (nSPS) is 20.4. The van der Waals surface area contributed by atoms with Crippen LogP contribution in [-0.4, -0.2) is 9.97 Å². The van der Waals surface area contributed by atoms with Gasteiger partial charge in [0.2, 0.25) is 0 Å². The molecular formula is C9H15N3. The maximum atomic E-state index is 5.96. The van der Waals surface area contributed by atoms with Crippen molar-refractivity contribution < 1.29 is 0 Å². The van der Waals surface area contributed by atoms with Gasteiger partial charge in [-0.05, 0) is 12.3 Å². The van der Waals surface area contributed by atoms with Crippen molar-refractivity contribution >= 4 is 0 Å². The fourth-order valence-corrected chi connectivity index (χ4v) is 1.68. The highest BCUT2D eigenvalue weighted by atomic mass is 14.9. The fraction of sp³-hybridized carbons (Fsp3) is 0.667. The molecule has 3 heteroatoms. The summed E-state index contributed by atoms with van der Waals surface area (Å²) < 4.78 is 0. The van der Waals surface area contributed by atoms with Gasteiger partial charge in [-0.15, -0.1) is 0 Å². The minimum Gasteiger partial charge on any atom is -0.347 e. The Hall–Kier alpha value is -0.830. The van der Waals surface area contributed by atoms with Crippen molar-refractivity contribution in [1.82, 2.24) is 9.97 Å². The zero-order chi connectivity index (χ0) is 8.39. The summed E-state index contributed by atoms with van der Waals surface area (Å²) in [7, 11) is 0. The molecule has 1 aromatic rings. The zero-order valence-corrected chi connectivity index (χ0v) is 7.16. The van der Waals surface area contributed by atoms with Crippen LogP contribution in [0, 0.1) is 5.92 Å². The van der Waals surface area contributed by atoms with Gasteiger partial charge in [0.25, 0.3) is 0 Å². The number of rotatable bonds is 3. The molecule has 0 aliphatic heterocycles. The van der Waals surface area contributed by atoms with Gasteiger partial charge in [0.15, 0.2) is 0 Å². The van der Waals surface area contributed by atoms with Crippen LogP contribution < -0.4 is 5.73 Å². The van der Waals surface area contributed by atoms with E-state index in [-0.39, 0.29) is 6.04 Å². The summed E-state index contributed by atoms with van der Waals surface area (Å²) in [4.78, 5) is 7.20. The van der Waals surface area contributed by atoms with Crippen molar-refractivity contribution in [1.29, 1.82) is 0 Å². The fourth-order valence-electron chi connectivity index (χ4n) is 1.68. The molecule has 3 N–H and O–H groups in total. The Morgan fingerprint density at radius 1 is 1.67 bits per heavy atom. The Balaban J connectivity index is 1.87. The van der Waals surface area contributed by atoms with Gasteiger partial charge >= 0.3 is 0 Å². The number of hydrogen-bond acceptors (Lipinski definition) is 2. The molecule has 0 bridgehead atoms. The number of imidazole rings is 1. The molecule has 2 rings (SSSR count). The average Bonchev–Trinajstić information content (AvgIpc) is 2.47. The second-order valence-electron chi connectivity index (χ2n) is 3.61. The molecule has 0 amide bonds. The van der Waals surface area contributed by atoms with Crippen LogP contribution in [-0.2, 0) is 0 Å². The summed E-state index contributed by atoms with van der Waals surface area (Å²) in [5.41, 5.74) is 5.96. The summed E-state index contributed by atoms with van der Waals surface area (Å²) in [6, 6.07) is 0.116. The molecule has 0 radical (unpaired) electrons. The summed E-state index contributed by atoms with van der Waals surface area (Å²) >= 11 is 0. The van der Waals surface area contributed by atoms with E-state index in [1.807, 2.05) is 6.20 Å². The highest BCUT2D eigenvalue weighted by molar-refractivity contribution is 4.95. The van der Waals surface area contributed by atoms with Gasteiger partial charge in [-0.2, -0.15) is 0 Å². The number of nitrogens with one attached hydrogen (secondary N) is 1. The lowest BCUT2D eigenvalue weighted by Crippen LogP contribution is -2.20. The molecule has 1 aromatic heterocycles. The largest absolute Gasteiger partial charge is 0.347 e. The van der Waals surface area contributed by atoms with Gasteiger partial charge in [-0.1, -0.05) is 19.3 Å². The lowest BCUT2D eigenvalue weighted by Gasteiger charge is -2.27. The molecule has 3 nitrogen and oxygen atoms in total. The van der Waals surface area contributed by atoms with Crippen LogP contribution >= 0.6 is 0 Å². The van der Waals surface area contributed by atoms with Crippen LogP contribution in [0.5, 0.6) is 0 Å². The van der Waals surface area contributed by atoms with Crippen LogP contribution in [0.25, 0.3) is 0 Å². The van der Waals surface area contributed by atoms with Crippen LogP contribution in [0.3, 0.4) is 0 Å². The molecule has 1 fully saturated rings. The van der Waals surface area contributed by atoms with E-state index in [4.69, 9.17) is 5.73 Å². The van der Waals surface area contributed by atoms with Crippen molar-refractivity contribution in [3.63, 3.8) is 0 Å². The van der Waals surface area contributed by atoms with Gasteiger partial charge in [0.1, 0.15) is 5.82 Å². The molecule has 12 heavy (non-hydrogen) atoms. The minimum absolute atomic E-state index is 0.116. The quantitative estimate of drug-likeness (QED) is 0.714. The van der Waals surface area contributed by atoms with E-state index in [9.17, 15) is 0 Å². The zero-order valence-electron chi connectivity index (χ0n) is 7.16. The van der Waals surface area contributed by atoms with Crippen LogP contribution in [0.4, 0.5) is 0 Å². The number of nitrogens with zero attached hydrogens (tertiary/aromatic N) is 1. The maximum absolute atomic E-state index is 5.96. The van der Waals surface area contributed by atoms with Crippen molar-refractivity contribution in [2.45, 2.75) is 31.7 Å². The summed E-state index contributed by atoms with van der Waals surface area (Å²) in [6.07, 6.45) is 8.78. The topological polar surface area (TPSA) is 54.7 Å². The monoisotopic (exact) mass is 165 g/mol. The summed E-state index contributed by atoms with van der Waals surface area (Å²) in [6.45, 7) is 0. The van der Waals surface area contributed by atoms with Gasteiger partial charge in [0, 0.05) is 12.4 Å². The number of H-pyrrole nitrogens is 1. The number of nitrogens with two attached hydrogens (primary N) is 1. The number of aromatic nitrogens is 2. The van der Waals surface area contributed by atoms with Crippen LogP contribution in [0.15, 0.2) is 12.4 Å². The minimum atomic E-state index is 0.116. The van der Waals surface area contributed by atoms with Gasteiger partial charge in [-0.3, -0.25) is 0 Å². The van der Waals surface area contributed by atoms with E-state index in [1.54, 1.807) is 6.20 Å². The first-order valence-corrected chi connectivity index (χ1v) is 4.61. The Labute approximate surface area is 72.4 Å². The van der Waals surface area contributed by atoms with Crippen LogP contribution in [0.2, 0.25) is 0 Å². The molecule has 0 spiro atoms. The summed E-state index contributed by atoms with van der Waals surface area (Å²) in [5.74, 6) is 1.78. The molecule has 1 aliphatic carbocycles. The molecule has 1 unspecified atom stereocenters. The molecular weight excluding hydrogens is 150 g/mol. The number of aromatic amines is 1. The van der Waals surface area contributed by atoms with Crippen molar-refractivity contribution in [3.8, 4) is 0 Å². The van der Waals surface area contributed by atoms with E-state index in [1.165, 1.54) is 19.3 Å². The van der Waals surface area contributed by atoms with Crippen LogP contribution in [0.1, 0.15) is 37.5 Å². The maximum Gasteiger partial charge on any atom is 0.123 e. The third-order valence-electron chi connectivity index (χ3n) is 2.68. The highest BCUT2D eigenvalue weighted by Crippen LogP contribution is 2.32. The van der Waals surface area contributed by atoms with E-state index in [0.29, 0.717) is 0 Å². The van der Waals surface area contributed by atoms with E-state index < -0.39 is 0 Å². The first kappa shape index (κ1) is 7.80. The first-order valence-electron chi connectivity index (χ1n) is 4.61. The Bertz CT molecular complexity index is 226. The lowest BCUT2D eigenvalue weighted by atomic mass is 9.81. The molecule has 1 heterocycles. The van der Waals surface area contributed by atoms with E-state index in [2.05, 4.69) is 9.97 Å². The van der Waals surface area contributed by atoms with Crippen molar-refractivity contribution in [2.24, 2.45) is 11.7 Å². The first-order chi connectivity index (χ1) is 5.86. The lowest BCUT2D eigenvalue weighted by molar-refractivity contribution is 0.274. The van der Waals surface area contributed by atoms with Crippen molar-refractivity contribution in [2.75, 3.05) is 0 Å². The second-order valence-corrected chi connectivity index (χ2v) is 3.61. The molecule has 1 aliphatic rings. The average molecular weight is 165 g/mol. The van der Waals surface area contributed by atoms with E-state index >= 15 is 0 Å². The third kappa shape index (κ3) is 1.50. The van der Waals surface area contributed by atoms with Gasteiger partial charge < -0.3 is 10.7 Å². The molecule has 0 saturated heterocycles. The van der Waals surface area contributed by atoms with Gasteiger partial charge in [0.05, 0.1) is 6.04 Å². The molecule has 1 saturated carbocycles. The second kappa shape index (κ2) is 3.27. The predicted molar refractivity (Wildman–Crippen MR) is 47.5 cm³/mol. The number of hydrogen-bond donors (Lipinski definition) is 2. The molecule has 1 atom stereocenters. The van der Waals surface area contributed by atoms with Crippen molar-refractivity contribution in [3.05, 3.63) is 18.2 Å². The third-order valence-corrected chi connectivity index (χ3v) is 2.68. The SMILES string of the molecule is NC(CC1CCC1)c1ncc[nH]1. The smallest absolute Gasteiger partial charge is 0.123 e. The van der Waals surface area contributed by atoms with E-state index in [0.717, 1.165) is 18.2 Å². The predicted octanol–water partition coefficient (Wildman–Crippen LogP) is 1.60. The molecule has 0 aromatic carbocycles. The highest BCUT2D eigenvalue weighted by Gasteiger charge is 2.21. The Morgan fingerprint density at radius 2 is 2.50 bits per heavy atom. The molecule has 66 valence electrons. The standard InChI is InChI=1S/C9H15N3/c10-8(6-7-2-1-3-7)9-11-4-5-12-9/h4-5,7-8H,1-3,6,10H2,(H,11,12).